The summed E-state index contributed by atoms with van der Waals surface area (Å²) in [5.41, 5.74) is 5.66. The number of nitrogens with two attached hydrogens (primary N) is 1. The highest BCUT2D eigenvalue weighted by Gasteiger charge is 2.16. The van der Waals surface area contributed by atoms with Crippen LogP contribution in [0.4, 0.5) is 0 Å². The Bertz CT molecular complexity index is 257. The van der Waals surface area contributed by atoms with Gasteiger partial charge in [0, 0.05) is 17.6 Å². The van der Waals surface area contributed by atoms with Crippen molar-refractivity contribution in [2.45, 2.75) is 37.5 Å². The highest BCUT2D eigenvalue weighted by atomic mass is 32.2. The zero-order valence-electron chi connectivity index (χ0n) is 10.6. The molecule has 0 radical (unpaired) electrons. The number of thioether (sulfide) groups is 1. The molecule has 0 spiro atoms. The number of aliphatic carboxylic acids is 1. The minimum atomic E-state index is -1.09. The second-order valence-electron chi connectivity index (χ2n) is 3.97. The van der Waals surface area contributed by atoms with E-state index in [1.807, 2.05) is 0 Å². The van der Waals surface area contributed by atoms with E-state index in [4.69, 9.17) is 15.9 Å². The third-order valence-corrected chi connectivity index (χ3v) is 3.82. The normalized spacial score (nSPS) is 13.9. The Morgan fingerprint density at radius 1 is 1.39 bits per heavy atom. The number of aliphatic hydroxyl groups is 1. The van der Waals surface area contributed by atoms with Crippen molar-refractivity contribution in [2.75, 3.05) is 18.9 Å². The molecule has 0 fully saturated rings. The first-order chi connectivity index (χ1) is 8.51. The lowest BCUT2D eigenvalue weighted by Gasteiger charge is -2.17. The minimum absolute atomic E-state index is 0.123. The monoisotopic (exact) mass is 278 g/mol. The molecule has 0 aliphatic rings. The summed E-state index contributed by atoms with van der Waals surface area (Å²) < 4.78 is 0. The molecule has 106 valence electrons. The van der Waals surface area contributed by atoms with Gasteiger partial charge in [-0.25, -0.2) is 0 Å². The van der Waals surface area contributed by atoms with E-state index in [2.05, 4.69) is 12.2 Å². The number of aliphatic hydroxyl groups excluding tert-OH is 1. The van der Waals surface area contributed by atoms with E-state index >= 15 is 0 Å². The molecule has 18 heavy (non-hydrogen) atoms. The van der Waals surface area contributed by atoms with Gasteiger partial charge in [0.1, 0.15) is 6.54 Å². The van der Waals surface area contributed by atoms with Crippen LogP contribution < -0.4 is 11.1 Å². The SMILES string of the molecule is CCC[C@@H](CCO)SC[C@H](N)C(=O)NCC(=O)O. The van der Waals surface area contributed by atoms with Gasteiger partial charge >= 0.3 is 5.97 Å². The zero-order chi connectivity index (χ0) is 14.0. The lowest BCUT2D eigenvalue weighted by Crippen LogP contribution is -2.44. The lowest BCUT2D eigenvalue weighted by atomic mass is 10.2. The van der Waals surface area contributed by atoms with Gasteiger partial charge in [-0.15, -0.1) is 0 Å². The van der Waals surface area contributed by atoms with Crippen LogP contribution >= 0.6 is 11.8 Å². The fourth-order valence-electron chi connectivity index (χ4n) is 1.39. The predicted molar refractivity (Wildman–Crippen MR) is 71.5 cm³/mol. The maximum atomic E-state index is 11.4. The molecular formula is C11H22N2O4S. The van der Waals surface area contributed by atoms with Gasteiger partial charge in [-0.05, 0) is 12.8 Å². The molecule has 0 saturated heterocycles. The first-order valence-corrected chi connectivity index (χ1v) is 7.03. The molecular weight excluding hydrogens is 256 g/mol. The molecule has 0 heterocycles. The minimum Gasteiger partial charge on any atom is -0.480 e. The molecule has 5 N–H and O–H groups in total. The first-order valence-electron chi connectivity index (χ1n) is 5.98. The molecule has 0 bridgehead atoms. The maximum absolute atomic E-state index is 11.4. The summed E-state index contributed by atoms with van der Waals surface area (Å²) in [6.07, 6.45) is 2.66. The van der Waals surface area contributed by atoms with Gasteiger partial charge in [0.05, 0.1) is 6.04 Å². The van der Waals surface area contributed by atoms with Crippen LogP contribution in [0.15, 0.2) is 0 Å². The van der Waals surface area contributed by atoms with Crippen molar-refractivity contribution >= 4 is 23.6 Å². The van der Waals surface area contributed by atoms with Gasteiger partial charge < -0.3 is 21.3 Å². The van der Waals surface area contributed by atoms with Gasteiger partial charge in [0.15, 0.2) is 0 Å². The van der Waals surface area contributed by atoms with E-state index in [1.165, 1.54) is 0 Å². The van der Waals surface area contributed by atoms with E-state index in [-0.39, 0.29) is 6.61 Å². The number of carbonyl (C=O) groups excluding carboxylic acids is 1. The van der Waals surface area contributed by atoms with Gasteiger partial charge in [-0.1, -0.05) is 13.3 Å². The fourth-order valence-corrected chi connectivity index (χ4v) is 2.69. The number of carboxylic acids is 1. The molecule has 0 rings (SSSR count). The molecule has 0 unspecified atom stereocenters. The molecule has 6 nitrogen and oxygen atoms in total. The van der Waals surface area contributed by atoms with E-state index < -0.39 is 24.5 Å². The summed E-state index contributed by atoms with van der Waals surface area (Å²) in [6, 6.07) is -0.715. The van der Waals surface area contributed by atoms with Crippen molar-refractivity contribution in [1.29, 1.82) is 0 Å². The van der Waals surface area contributed by atoms with Gasteiger partial charge in [-0.3, -0.25) is 9.59 Å². The first kappa shape index (κ1) is 17.2. The summed E-state index contributed by atoms with van der Waals surface area (Å²) in [5, 5.41) is 19.8. The largest absolute Gasteiger partial charge is 0.480 e. The number of hydrogen-bond donors (Lipinski definition) is 4. The average molecular weight is 278 g/mol. The highest BCUT2D eigenvalue weighted by molar-refractivity contribution is 7.99. The summed E-state index contributed by atoms with van der Waals surface area (Å²) in [5.74, 6) is -1.12. The van der Waals surface area contributed by atoms with Crippen LogP contribution in [0, 0.1) is 0 Å². The molecule has 7 heteroatoms. The Balaban J connectivity index is 3.93. The van der Waals surface area contributed by atoms with Crippen LogP contribution in [-0.4, -0.2) is 52.3 Å². The van der Waals surface area contributed by atoms with E-state index in [1.54, 1.807) is 11.8 Å². The Morgan fingerprint density at radius 2 is 2.06 bits per heavy atom. The quantitative estimate of drug-likeness (QED) is 0.440. The van der Waals surface area contributed by atoms with E-state index in [0.717, 1.165) is 12.8 Å². The number of carboxylic acid groups (broad SMARTS) is 1. The van der Waals surface area contributed by atoms with Gasteiger partial charge in [-0.2, -0.15) is 11.8 Å². The van der Waals surface area contributed by atoms with Crippen molar-refractivity contribution in [3.63, 3.8) is 0 Å². The number of rotatable bonds is 10. The van der Waals surface area contributed by atoms with Crippen LogP contribution in [0.1, 0.15) is 26.2 Å². The Labute approximate surface area is 111 Å². The fraction of sp³-hybridized carbons (Fsp3) is 0.818. The van der Waals surface area contributed by atoms with Crippen molar-refractivity contribution in [3.8, 4) is 0 Å². The van der Waals surface area contributed by atoms with Crippen molar-refractivity contribution in [3.05, 3.63) is 0 Å². The van der Waals surface area contributed by atoms with Crippen LogP contribution in [-0.2, 0) is 9.59 Å². The Morgan fingerprint density at radius 3 is 2.56 bits per heavy atom. The van der Waals surface area contributed by atoms with E-state index in [0.29, 0.717) is 17.4 Å². The summed E-state index contributed by atoms with van der Waals surface area (Å²) >= 11 is 1.55. The summed E-state index contributed by atoms with van der Waals surface area (Å²) in [7, 11) is 0. The third kappa shape index (κ3) is 8.32. The topological polar surface area (TPSA) is 113 Å². The Hall–Kier alpha value is -0.790. The van der Waals surface area contributed by atoms with Crippen molar-refractivity contribution in [1.82, 2.24) is 5.32 Å². The van der Waals surface area contributed by atoms with Gasteiger partial charge in [0.2, 0.25) is 5.91 Å². The molecule has 1 amide bonds. The third-order valence-electron chi connectivity index (χ3n) is 2.32. The predicted octanol–water partition coefficient (Wildman–Crippen LogP) is -0.201. The van der Waals surface area contributed by atoms with Crippen LogP contribution in [0.5, 0.6) is 0 Å². The molecule has 2 atom stereocenters. The number of hydrogen-bond acceptors (Lipinski definition) is 5. The Kier molecular flexibility index (Phi) is 9.72. The molecule has 0 aromatic rings. The highest BCUT2D eigenvalue weighted by Crippen LogP contribution is 2.20. The maximum Gasteiger partial charge on any atom is 0.322 e. The lowest BCUT2D eigenvalue weighted by molar-refractivity contribution is -0.138. The molecule has 0 aliphatic carbocycles. The number of nitrogens with one attached hydrogen (secondary N) is 1. The average Bonchev–Trinajstić information content (AvgIpc) is 2.33. The van der Waals surface area contributed by atoms with E-state index in [9.17, 15) is 9.59 Å². The zero-order valence-corrected chi connectivity index (χ0v) is 11.4. The molecule has 0 saturated carbocycles. The number of carbonyl (C=O) groups is 2. The van der Waals surface area contributed by atoms with Crippen molar-refractivity contribution in [2.24, 2.45) is 5.73 Å². The van der Waals surface area contributed by atoms with Gasteiger partial charge in [0.25, 0.3) is 0 Å². The summed E-state index contributed by atoms with van der Waals surface area (Å²) in [6.45, 7) is 1.77. The second kappa shape index (κ2) is 10.2. The summed E-state index contributed by atoms with van der Waals surface area (Å²) in [4.78, 5) is 21.7. The van der Waals surface area contributed by atoms with Crippen LogP contribution in [0.25, 0.3) is 0 Å². The second-order valence-corrected chi connectivity index (χ2v) is 5.31. The number of amides is 1. The molecule has 0 aromatic heterocycles. The molecule has 0 aliphatic heterocycles. The van der Waals surface area contributed by atoms with Crippen LogP contribution in [0.3, 0.4) is 0 Å². The van der Waals surface area contributed by atoms with Crippen LogP contribution in [0.2, 0.25) is 0 Å². The molecule has 0 aromatic carbocycles. The standard InChI is InChI=1S/C11H22N2O4S/c1-2-3-8(4-5-14)18-7-9(12)11(17)13-6-10(15)16/h8-9,14H,2-7,12H2,1H3,(H,13,17)(H,15,16)/t8-,9-/m0/s1. The smallest absolute Gasteiger partial charge is 0.322 e. The van der Waals surface area contributed by atoms with Crippen molar-refractivity contribution < 1.29 is 19.8 Å².